The van der Waals surface area contributed by atoms with Crippen LogP contribution in [0.3, 0.4) is 0 Å². The summed E-state index contributed by atoms with van der Waals surface area (Å²) in [6.07, 6.45) is 0. The molecule has 4 nitrogen and oxygen atoms in total. The van der Waals surface area contributed by atoms with Gasteiger partial charge in [-0.3, -0.25) is 10.1 Å². The maximum absolute atomic E-state index is 12.3. The van der Waals surface area contributed by atoms with Crippen LogP contribution in [0.1, 0.15) is 27.8 Å². The van der Waals surface area contributed by atoms with Crippen LogP contribution in [0.15, 0.2) is 35.7 Å². The van der Waals surface area contributed by atoms with Gasteiger partial charge in [-0.15, -0.1) is 11.3 Å². The summed E-state index contributed by atoms with van der Waals surface area (Å²) in [4.78, 5) is 16.9. The first-order valence-electron chi connectivity index (χ1n) is 8.87. The molecule has 0 fully saturated rings. The van der Waals surface area contributed by atoms with Crippen molar-refractivity contribution in [2.75, 3.05) is 11.9 Å². The zero-order valence-corrected chi connectivity index (χ0v) is 17.2. The molecule has 0 bridgehead atoms. The van der Waals surface area contributed by atoms with Crippen LogP contribution in [0.4, 0.5) is 5.13 Å². The molecule has 1 amide bonds. The number of carbonyl (C=O) groups excluding carboxylic acids is 1. The fourth-order valence-electron chi connectivity index (χ4n) is 3.35. The molecule has 1 aromatic heterocycles. The van der Waals surface area contributed by atoms with E-state index in [0.29, 0.717) is 5.13 Å². The molecule has 5 heteroatoms. The summed E-state index contributed by atoms with van der Waals surface area (Å²) in [6.45, 7) is 10.2. The number of anilines is 1. The lowest BCUT2D eigenvalue weighted by Gasteiger charge is -2.11. The average Bonchev–Trinajstić information content (AvgIpc) is 3.01. The van der Waals surface area contributed by atoms with E-state index in [9.17, 15) is 4.79 Å². The molecule has 3 aromatic rings. The number of ether oxygens (including phenoxy) is 1. The van der Waals surface area contributed by atoms with E-state index < -0.39 is 0 Å². The Morgan fingerprint density at radius 3 is 2.30 bits per heavy atom. The number of hydrogen-bond donors (Lipinski definition) is 1. The zero-order valence-electron chi connectivity index (χ0n) is 16.3. The molecule has 0 saturated carbocycles. The molecule has 3 rings (SSSR count). The van der Waals surface area contributed by atoms with Gasteiger partial charge < -0.3 is 4.74 Å². The number of amides is 1. The molecule has 27 heavy (non-hydrogen) atoms. The average molecular weight is 381 g/mol. The standard InChI is InChI=1S/C22H24N2O2S/c1-13-9-16(4)20(17(5)10-13)18-12-27-22(23-18)24-19(25)11-26-21-14(2)7-6-8-15(21)3/h6-10,12H,11H2,1-5H3,(H,23,24,25). The van der Waals surface area contributed by atoms with Gasteiger partial charge in [0.2, 0.25) is 0 Å². The van der Waals surface area contributed by atoms with Crippen LogP contribution >= 0.6 is 11.3 Å². The van der Waals surface area contributed by atoms with E-state index in [-0.39, 0.29) is 12.5 Å². The second kappa shape index (κ2) is 7.92. The number of nitrogens with zero attached hydrogens (tertiary/aromatic N) is 1. The Labute approximate surface area is 164 Å². The Bertz CT molecular complexity index is 948. The van der Waals surface area contributed by atoms with Crippen molar-refractivity contribution in [2.24, 2.45) is 0 Å². The van der Waals surface area contributed by atoms with Crippen LogP contribution in [0.2, 0.25) is 0 Å². The molecule has 0 unspecified atom stereocenters. The zero-order chi connectivity index (χ0) is 19.6. The molecular formula is C22H24N2O2S. The lowest BCUT2D eigenvalue weighted by Crippen LogP contribution is -2.20. The molecule has 0 aliphatic rings. The first-order chi connectivity index (χ1) is 12.8. The van der Waals surface area contributed by atoms with Crippen molar-refractivity contribution in [3.63, 3.8) is 0 Å². The maximum atomic E-state index is 12.3. The van der Waals surface area contributed by atoms with Gasteiger partial charge in [0, 0.05) is 10.9 Å². The Balaban J connectivity index is 1.68. The van der Waals surface area contributed by atoms with Gasteiger partial charge in [-0.2, -0.15) is 0 Å². The smallest absolute Gasteiger partial charge is 0.264 e. The fourth-order valence-corrected chi connectivity index (χ4v) is 4.07. The SMILES string of the molecule is Cc1cc(C)c(-c2csc(NC(=O)COc3c(C)cccc3C)n2)c(C)c1. The number of rotatable bonds is 5. The van der Waals surface area contributed by atoms with Gasteiger partial charge in [0.25, 0.3) is 5.91 Å². The molecular weight excluding hydrogens is 356 g/mol. The van der Waals surface area contributed by atoms with E-state index >= 15 is 0 Å². The van der Waals surface area contributed by atoms with Gasteiger partial charge in [-0.1, -0.05) is 35.9 Å². The van der Waals surface area contributed by atoms with Crippen molar-refractivity contribution in [1.29, 1.82) is 0 Å². The minimum atomic E-state index is -0.212. The molecule has 0 radical (unpaired) electrons. The summed E-state index contributed by atoms with van der Waals surface area (Å²) in [5.41, 5.74) is 7.67. The number of carbonyl (C=O) groups is 1. The van der Waals surface area contributed by atoms with E-state index in [2.05, 4.69) is 43.2 Å². The summed E-state index contributed by atoms with van der Waals surface area (Å²) >= 11 is 1.42. The highest BCUT2D eigenvalue weighted by molar-refractivity contribution is 7.14. The third-order valence-electron chi connectivity index (χ3n) is 4.44. The quantitative estimate of drug-likeness (QED) is 0.647. The van der Waals surface area contributed by atoms with Crippen LogP contribution in [0.25, 0.3) is 11.3 Å². The van der Waals surface area contributed by atoms with Gasteiger partial charge in [0.1, 0.15) is 5.75 Å². The number of thiazole rings is 1. The lowest BCUT2D eigenvalue weighted by atomic mass is 9.98. The van der Waals surface area contributed by atoms with Crippen LogP contribution in [0.5, 0.6) is 5.75 Å². The summed E-state index contributed by atoms with van der Waals surface area (Å²) in [5, 5.41) is 5.40. The van der Waals surface area contributed by atoms with E-state index in [4.69, 9.17) is 4.74 Å². The Hall–Kier alpha value is -2.66. The molecule has 0 aliphatic heterocycles. The highest BCUT2D eigenvalue weighted by Gasteiger charge is 2.13. The summed E-state index contributed by atoms with van der Waals surface area (Å²) in [6, 6.07) is 10.2. The van der Waals surface area contributed by atoms with E-state index in [0.717, 1.165) is 28.1 Å². The van der Waals surface area contributed by atoms with Gasteiger partial charge in [0.05, 0.1) is 5.69 Å². The van der Waals surface area contributed by atoms with E-state index in [1.165, 1.54) is 28.0 Å². The molecule has 0 spiro atoms. The fraction of sp³-hybridized carbons (Fsp3) is 0.273. The molecule has 0 aliphatic carbocycles. The normalized spacial score (nSPS) is 10.7. The number of para-hydroxylation sites is 1. The molecule has 1 heterocycles. The largest absolute Gasteiger partial charge is 0.483 e. The third kappa shape index (κ3) is 4.37. The Morgan fingerprint density at radius 1 is 1.04 bits per heavy atom. The van der Waals surface area contributed by atoms with Gasteiger partial charge in [0.15, 0.2) is 11.7 Å². The van der Waals surface area contributed by atoms with Crippen molar-refractivity contribution in [1.82, 2.24) is 4.98 Å². The second-order valence-electron chi connectivity index (χ2n) is 6.87. The number of hydrogen-bond acceptors (Lipinski definition) is 4. The topological polar surface area (TPSA) is 51.2 Å². The first kappa shape index (κ1) is 19.1. The highest BCUT2D eigenvalue weighted by atomic mass is 32.1. The Morgan fingerprint density at radius 2 is 1.67 bits per heavy atom. The lowest BCUT2D eigenvalue weighted by molar-refractivity contribution is -0.118. The van der Waals surface area contributed by atoms with Gasteiger partial charge in [-0.05, 0) is 56.9 Å². The van der Waals surface area contributed by atoms with Crippen molar-refractivity contribution in [2.45, 2.75) is 34.6 Å². The van der Waals surface area contributed by atoms with Crippen molar-refractivity contribution in [3.05, 3.63) is 63.5 Å². The molecule has 1 N–H and O–H groups in total. The van der Waals surface area contributed by atoms with Crippen molar-refractivity contribution < 1.29 is 9.53 Å². The monoisotopic (exact) mass is 380 g/mol. The maximum Gasteiger partial charge on any atom is 0.264 e. The highest BCUT2D eigenvalue weighted by Crippen LogP contribution is 2.31. The van der Waals surface area contributed by atoms with Crippen LogP contribution in [-0.2, 0) is 4.79 Å². The summed E-state index contributed by atoms with van der Waals surface area (Å²) in [7, 11) is 0. The molecule has 0 saturated heterocycles. The summed E-state index contributed by atoms with van der Waals surface area (Å²) < 4.78 is 5.71. The molecule has 140 valence electrons. The predicted octanol–water partition coefficient (Wildman–Crippen LogP) is 5.37. The second-order valence-corrected chi connectivity index (χ2v) is 7.73. The van der Waals surface area contributed by atoms with Crippen LogP contribution < -0.4 is 10.1 Å². The van der Waals surface area contributed by atoms with Crippen LogP contribution in [0, 0.1) is 34.6 Å². The van der Waals surface area contributed by atoms with Crippen LogP contribution in [-0.4, -0.2) is 17.5 Å². The Kier molecular flexibility index (Phi) is 5.61. The van der Waals surface area contributed by atoms with Gasteiger partial charge >= 0.3 is 0 Å². The summed E-state index contributed by atoms with van der Waals surface area (Å²) in [5.74, 6) is 0.550. The van der Waals surface area contributed by atoms with E-state index in [1.54, 1.807) is 0 Å². The molecule has 0 atom stereocenters. The third-order valence-corrected chi connectivity index (χ3v) is 5.20. The number of benzene rings is 2. The molecule has 2 aromatic carbocycles. The number of aryl methyl sites for hydroxylation is 5. The minimum Gasteiger partial charge on any atom is -0.483 e. The predicted molar refractivity (Wildman–Crippen MR) is 112 cm³/mol. The minimum absolute atomic E-state index is 0.0385. The number of aromatic nitrogens is 1. The first-order valence-corrected chi connectivity index (χ1v) is 9.75. The van der Waals surface area contributed by atoms with Crippen molar-refractivity contribution in [3.8, 4) is 17.0 Å². The van der Waals surface area contributed by atoms with E-state index in [1.807, 2.05) is 37.4 Å². The van der Waals surface area contributed by atoms with Crippen molar-refractivity contribution >= 4 is 22.4 Å². The van der Waals surface area contributed by atoms with Gasteiger partial charge in [-0.25, -0.2) is 4.98 Å². The number of nitrogens with one attached hydrogen (secondary N) is 1.